The van der Waals surface area contributed by atoms with Gasteiger partial charge in [0.15, 0.2) is 0 Å². The molecule has 0 unspecified atom stereocenters. The van der Waals surface area contributed by atoms with Gasteiger partial charge in [0.1, 0.15) is 0 Å². The Hall–Kier alpha value is -1.44. The van der Waals surface area contributed by atoms with E-state index in [0.717, 1.165) is 11.1 Å². The molecule has 0 spiro atoms. The third kappa shape index (κ3) is 3.76. The van der Waals surface area contributed by atoms with Gasteiger partial charge in [0.25, 0.3) is 0 Å². The fourth-order valence-electron chi connectivity index (χ4n) is 1.46. The summed E-state index contributed by atoms with van der Waals surface area (Å²) >= 11 is 0. The average Bonchev–Trinajstić information content (AvgIpc) is 2.28. The standard InChI is InChI=1S/C12H17NO5S/c1-7-4-5-10(6-8(7)2)19(17,18)13-11(9(3)14)12(15)16/h4-6,9,11,13-14H,1-3H3,(H,15,16)/p-1/t9-,11+/m1/s1. The van der Waals surface area contributed by atoms with Crippen LogP contribution in [0.2, 0.25) is 0 Å². The summed E-state index contributed by atoms with van der Waals surface area (Å²) in [5.74, 6) is -1.68. The number of carbonyl (C=O) groups excluding carboxylic acids is 1. The molecule has 6 nitrogen and oxygen atoms in total. The third-order valence-corrected chi connectivity index (χ3v) is 4.25. The van der Waals surface area contributed by atoms with Crippen LogP contribution in [0, 0.1) is 13.8 Å². The lowest BCUT2D eigenvalue weighted by Crippen LogP contribution is -2.53. The van der Waals surface area contributed by atoms with Crippen molar-refractivity contribution in [2.45, 2.75) is 37.8 Å². The maximum absolute atomic E-state index is 12.0. The van der Waals surface area contributed by atoms with Crippen LogP contribution >= 0.6 is 0 Å². The van der Waals surface area contributed by atoms with Gasteiger partial charge in [-0.25, -0.2) is 8.42 Å². The number of rotatable bonds is 5. The predicted octanol–water partition coefficient (Wildman–Crippen LogP) is -0.919. The summed E-state index contributed by atoms with van der Waals surface area (Å²) in [6, 6.07) is 2.75. The zero-order valence-corrected chi connectivity index (χ0v) is 11.7. The van der Waals surface area contributed by atoms with E-state index in [4.69, 9.17) is 0 Å². The first-order chi connectivity index (χ1) is 8.65. The van der Waals surface area contributed by atoms with Crippen molar-refractivity contribution in [3.63, 3.8) is 0 Å². The van der Waals surface area contributed by atoms with Gasteiger partial charge in [-0.3, -0.25) is 0 Å². The fraction of sp³-hybridized carbons (Fsp3) is 0.417. The second-order valence-corrected chi connectivity index (χ2v) is 6.12. The SMILES string of the molecule is Cc1ccc(S(=O)(=O)N[C@H](C(=O)[O-])[C@@H](C)O)cc1C. The molecule has 0 aliphatic rings. The number of hydrogen-bond donors (Lipinski definition) is 2. The summed E-state index contributed by atoms with van der Waals surface area (Å²) in [7, 11) is -4.02. The molecule has 0 aromatic heterocycles. The van der Waals surface area contributed by atoms with Crippen LogP contribution in [0.1, 0.15) is 18.1 Å². The van der Waals surface area contributed by atoms with Crippen molar-refractivity contribution < 1.29 is 23.4 Å². The van der Waals surface area contributed by atoms with Gasteiger partial charge in [-0.2, -0.15) is 4.72 Å². The summed E-state index contributed by atoms with van der Waals surface area (Å²) in [6.45, 7) is 4.75. The second-order valence-electron chi connectivity index (χ2n) is 4.40. The highest BCUT2D eigenvalue weighted by Crippen LogP contribution is 2.15. The minimum atomic E-state index is -4.02. The average molecular weight is 286 g/mol. The third-order valence-electron chi connectivity index (χ3n) is 2.81. The molecule has 2 N–H and O–H groups in total. The molecule has 0 aliphatic heterocycles. The van der Waals surface area contributed by atoms with Crippen molar-refractivity contribution in [3.05, 3.63) is 29.3 Å². The minimum Gasteiger partial charge on any atom is -0.548 e. The van der Waals surface area contributed by atoms with E-state index < -0.39 is 28.1 Å². The Morgan fingerprint density at radius 1 is 1.32 bits per heavy atom. The molecule has 0 fully saturated rings. The molecule has 0 heterocycles. The van der Waals surface area contributed by atoms with E-state index in [1.807, 2.05) is 11.6 Å². The normalized spacial score (nSPS) is 14.9. The number of nitrogens with one attached hydrogen (secondary N) is 1. The molecule has 7 heteroatoms. The smallest absolute Gasteiger partial charge is 0.241 e. The topological polar surface area (TPSA) is 107 Å². The van der Waals surface area contributed by atoms with Gasteiger partial charge >= 0.3 is 0 Å². The van der Waals surface area contributed by atoms with Gasteiger partial charge < -0.3 is 15.0 Å². The Balaban J connectivity index is 3.10. The number of hydrogen-bond acceptors (Lipinski definition) is 5. The fourth-order valence-corrected chi connectivity index (χ4v) is 2.80. The number of benzene rings is 1. The van der Waals surface area contributed by atoms with Gasteiger partial charge in [-0.1, -0.05) is 6.07 Å². The Morgan fingerprint density at radius 2 is 1.89 bits per heavy atom. The lowest BCUT2D eigenvalue weighted by atomic mass is 10.1. The van der Waals surface area contributed by atoms with Crippen molar-refractivity contribution in [1.29, 1.82) is 0 Å². The zero-order chi connectivity index (χ0) is 14.8. The first-order valence-electron chi connectivity index (χ1n) is 5.63. The van der Waals surface area contributed by atoms with E-state index in [1.165, 1.54) is 19.1 Å². The van der Waals surface area contributed by atoms with Crippen LogP contribution in [0.5, 0.6) is 0 Å². The van der Waals surface area contributed by atoms with Gasteiger partial charge in [0.05, 0.1) is 23.0 Å². The van der Waals surface area contributed by atoms with Crippen LogP contribution in [-0.2, 0) is 14.8 Å². The number of aliphatic hydroxyl groups is 1. The molecule has 0 radical (unpaired) electrons. The number of carboxylic acids is 1. The van der Waals surface area contributed by atoms with Crippen LogP contribution in [0.15, 0.2) is 23.1 Å². The largest absolute Gasteiger partial charge is 0.548 e. The maximum Gasteiger partial charge on any atom is 0.241 e. The molecule has 1 aromatic rings. The minimum absolute atomic E-state index is 0.0532. The molecule has 2 atom stereocenters. The molecule has 1 aromatic carbocycles. The highest BCUT2D eigenvalue weighted by molar-refractivity contribution is 7.89. The maximum atomic E-state index is 12.0. The van der Waals surface area contributed by atoms with Gasteiger partial charge in [-0.15, -0.1) is 0 Å². The molecule has 1 rings (SSSR count). The highest BCUT2D eigenvalue weighted by atomic mass is 32.2. The monoisotopic (exact) mass is 286 g/mol. The van der Waals surface area contributed by atoms with Crippen molar-refractivity contribution >= 4 is 16.0 Å². The zero-order valence-electron chi connectivity index (χ0n) is 10.9. The molecule has 0 bridgehead atoms. The Labute approximate surface area is 112 Å². The molecule has 19 heavy (non-hydrogen) atoms. The van der Waals surface area contributed by atoms with Crippen LogP contribution in [0.4, 0.5) is 0 Å². The van der Waals surface area contributed by atoms with Crippen LogP contribution in [0.25, 0.3) is 0 Å². The van der Waals surface area contributed by atoms with Crippen molar-refractivity contribution in [1.82, 2.24) is 4.72 Å². The van der Waals surface area contributed by atoms with Crippen molar-refractivity contribution in [2.24, 2.45) is 0 Å². The van der Waals surface area contributed by atoms with E-state index in [-0.39, 0.29) is 4.90 Å². The number of sulfonamides is 1. The lowest BCUT2D eigenvalue weighted by molar-refractivity contribution is -0.309. The molecular formula is C12H16NO5S-. The molecular weight excluding hydrogens is 270 g/mol. The summed E-state index contributed by atoms with van der Waals surface area (Å²) in [5, 5.41) is 20.0. The van der Waals surface area contributed by atoms with Crippen LogP contribution in [0.3, 0.4) is 0 Å². The van der Waals surface area contributed by atoms with E-state index >= 15 is 0 Å². The molecule has 0 saturated heterocycles. The van der Waals surface area contributed by atoms with E-state index in [0.29, 0.717) is 0 Å². The van der Waals surface area contributed by atoms with Crippen molar-refractivity contribution in [2.75, 3.05) is 0 Å². The van der Waals surface area contributed by atoms with Crippen LogP contribution < -0.4 is 9.83 Å². The van der Waals surface area contributed by atoms with Gasteiger partial charge in [0, 0.05) is 0 Å². The molecule has 0 saturated carbocycles. The number of aliphatic carboxylic acids is 1. The van der Waals surface area contributed by atoms with Gasteiger partial charge in [0.2, 0.25) is 10.0 Å². The summed E-state index contributed by atoms with van der Waals surface area (Å²) < 4.78 is 25.9. The van der Waals surface area contributed by atoms with E-state index in [9.17, 15) is 23.4 Å². The first kappa shape index (κ1) is 15.6. The first-order valence-corrected chi connectivity index (χ1v) is 7.12. The van der Waals surface area contributed by atoms with E-state index in [1.54, 1.807) is 13.0 Å². The summed E-state index contributed by atoms with van der Waals surface area (Å²) in [4.78, 5) is 10.7. The Morgan fingerprint density at radius 3 is 2.32 bits per heavy atom. The predicted molar refractivity (Wildman–Crippen MR) is 66.7 cm³/mol. The number of carboxylic acid groups (broad SMARTS) is 1. The lowest BCUT2D eigenvalue weighted by Gasteiger charge is -2.22. The quantitative estimate of drug-likeness (QED) is 0.728. The van der Waals surface area contributed by atoms with E-state index in [2.05, 4.69) is 0 Å². The summed E-state index contributed by atoms with van der Waals surface area (Å²) in [5.41, 5.74) is 1.69. The summed E-state index contributed by atoms with van der Waals surface area (Å²) in [6.07, 6.45) is -1.40. The Kier molecular flexibility index (Phi) is 4.67. The van der Waals surface area contributed by atoms with Crippen molar-refractivity contribution in [3.8, 4) is 0 Å². The highest BCUT2D eigenvalue weighted by Gasteiger charge is 2.24. The number of carbonyl (C=O) groups is 1. The molecule has 106 valence electrons. The molecule has 0 aliphatic carbocycles. The molecule has 0 amide bonds. The Bertz CT molecular complexity index is 580. The number of aliphatic hydroxyl groups excluding tert-OH is 1. The van der Waals surface area contributed by atoms with Crippen LogP contribution in [-0.4, -0.2) is 31.6 Å². The van der Waals surface area contributed by atoms with Gasteiger partial charge in [-0.05, 0) is 44.0 Å². The second kappa shape index (κ2) is 5.68. The number of aryl methyl sites for hydroxylation is 2.